The summed E-state index contributed by atoms with van der Waals surface area (Å²) in [5.41, 5.74) is 0. The van der Waals surface area contributed by atoms with Gasteiger partial charge in [-0.2, -0.15) is 0 Å². The van der Waals surface area contributed by atoms with E-state index in [2.05, 4.69) is 29.0 Å². The van der Waals surface area contributed by atoms with E-state index in [1.54, 1.807) is 11.3 Å². The van der Waals surface area contributed by atoms with Crippen LogP contribution in [0.4, 0.5) is 5.13 Å². The van der Waals surface area contributed by atoms with Gasteiger partial charge in [-0.25, -0.2) is 4.98 Å². The summed E-state index contributed by atoms with van der Waals surface area (Å²) in [6.45, 7) is 7.13. The highest BCUT2D eigenvalue weighted by Crippen LogP contribution is 2.23. The normalized spacial score (nSPS) is 23.6. The molecule has 1 aromatic rings. The van der Waals surface area contributed by atoms with Crippen molar-refractivity contribution in [2.75, 3.05) is 18.0 Å². The summed E-state index contributed by atoms with van der Waals surface area (Å²) in [4.78, 5) is 8.03. The van der Waals surface area contributed by atoms with E-state index in [1.165, 1.54) is 17.7 Å². The number of aliphatic hydroxyl groups is 1. The van der Waals surface area contributed by atoms with Crippen LogP contribution < -0.4 is 10.2 Å². The van der Waals surface area contributed by atoms with Crippen molar-refractivity contribution >= 4 is 16.5 Å². The first-order valence-corrected chi connectivity index (χ1v) is 8.67. The first kappa shape index (κ1) is 15.7. The largest absolute Gasteiger partial charge is 0.392 e. The zero-order valence-electron chi connectivity index (χ0n) is 12.6. The molecule has 1 aliphatic rings. The zero-order valence-corrected chi connectivity index (χ0v) is 13.5. The van der Waals surface area contributed by atoms with Crippen molar-refractivity contribution in [1.29, 1.82) is 0 Å². The van der Waals surface area contributed by atoms with Crippen molar-refractivity contribution < 1.29 is 5.11 Å². The minimum absolute atomic E-state index is 0.187. The predicted molar refractivity (Wildman–Crippen MR) is 85.4 cm³/mol. The molecule has 2 unspecified atom stereocenters. The van der Waals surface area contributed by atoms with Crippen LogP contribution in [-0.4, -0.2) is 35.3 Å². The SMILES string of the molecule is CCN(CC)c1ncc(CNC2CCCCCC2O)s1. The highest BCUT2D eigenvalue weighted by Gasteiger charge is 2.21. The average Bonchev–Trinajstić information content (AvgIpc) is 2.82. The number of nitrogens with one attached hydrogen (secondary N) is 1. The number of rotatable bonds is 6. The molecule has 2 atom stereocenters. The van der Waals surface area contributed by atoms with Crippen molar-refractivity contribution in [3.05, 3.63) is 11.1 Å². The summed E-state index contributed by atoms with van der Waals surface area (Å²) in [5.74, 6) is 0. The summed E-state index contributed by atoms with van der Waals surface area (Å²) < 4.78 is 0. The van der Waals surface area contributed by atoms with Gasteiger partial charge < -0.3 is 15.3 Å². The van der Waals surface area contributed by atoms with Gasteiger partial charge >= 0.3 is 0 Å². The third-order valence-electron chi connectivity index (χ3n) is 4.09. The van der Waals surface area contributed by atoms with E-state index in [9.17, 15) is 5.11 Å². The lowest BCUT2D eigenvalue weighted by Crippen LogP contribution is -2.38. The number of thiazole rings is 1. The smallest absolute Gasteiger partial charge is 0.185 e. The second-order valence-corrected chi connectivity index (χ2v) is 6.57. The molecule has 4 nitrogen and oxygen atoms in total. The van der Waals surface area contributed by atoms with Crippen LogP contribution in [0.1, 0.15) is 50.8 Å². The Morgan fingerprint density at radius 3 is 2.80 bits per heavy atom. The molecule has 0 aliphatic heterocycles. The van der Waals surface area contributed by atoms with E-state index in [0.717, 1.165) is 44.0 Å². The quantitative estimate of drug-likeness (QED) is 0.793. The summed E-state index contributed by atoms with van der Waals surface area (Å²) in [5, 5.41) is 14.7. The van der Waals surface area contributed by atoms with Crippen molar-refractivity contribution in [2.45, 2.75) is 64.6 Å². The maximum atomic E-state index is 10.1. The molecule has 20 heavy (non-hydrogen) atoms. The lowest BCUT2D eigenvalue weighted by molar-refractivity contribution is 0.119. The molecule has 5 heteroatoms. The van der Waals surface area contributed by atoms with Gasteiger partial charge in [0.2, 0.25) is 0 Å². The van der Waals surface area contributed by atoms with Crippen LogP contribution in [0, 0.1) is 0 Å². The highest BCUT2D eigenvalue weighted by atomic mass is 32.1. The number of aliphatic hydroxyl groups excluding tert-OH is 1. The molecule has 0 radical (unpaired) electrons. The van der Waals surface area contributed by atoms with Gasteiger partial charge in [0.05, 0.1) is 6.10 Å². The van der Waals surface area contributed by atoms with Crippen molar-refractivity contribution in [1.82, 2.24) is 10.3 Å². The molecule has 1 fully saturated rings. The third kappa shape index (κ3) is 4.17. The van der Waals surface area contributed by atoms with E-state index in [-0.39, 0.29) is 12.1 Å². The molecule has 2 N–H and O–H groups in total. The van der Waals surface area contributed by atoms with Gasteiger partial charge in [0.1, 0.15) is 0 Å². The Bertz CT molecular complexity index is 392. The average molecular weight is 297 g/mol. The van der Waals surface area contributed by atoms with E-state index >= 15 is 0 Å². The molecule has 1 heterocycles. The lowest BCUT2D eigenvalue weighted by atomic mass is 10.1. The first-order chi connectivity index (χ1) is 9.74. The summed E-state index contributed by atoms with van der Waals surface area (Å²) >= 11 is 1.76. The van der Waals surface area contributed by atoms with E-state index in [4.69, 9.17) is 0 Å². The van der Waals surface area contributed by atoms with Crippen molar-refractivity contribution in [3.8, 4) is 0 Å². The maximum Gasteiger partial charge on any atom is 0.185 e. The summed E-state index contributed by atoms with van der Waals surface area (Å²) in [6, 6.07) is 0.247. The van der Waals surface area contributed by atoms with Gasteiger partial charge in [0, 0.05) is 36.8 Å². The molecule has 0 bridgehead atoms. The maximum absolute atomic E-state index is 10.1. The molecular formula is C15H27N3OS. The molecule has 1 aliphatic carbocycles. The van der Waals surface area contributed by atoms with Crippen LogP contribution in [-0.2, 0) is 6.54 Å². The van der Waals surface area contributed by atoms with E-state index in [0.29, 0.717) is 0 Å². The van der Waals surface area contributed by atoms with Gasteiger partial charge in [-0.3, -0.25) is 0 Å². The fourth-order valence-corrected chi connectivity index (χ4v) is 3.77. The van der Waals surface area contributed by atoms with Crippen molar-refractivity contribution in [3.63, 3.8) is 0 Å². The minimum Gasteiger partial charge on any atom is -0.392 e. The predicted octanol–water partition coefficient (Wildman–Crippen LogP) is 2.77. The topological polar surface area (TPSA) is 48.4 Å². The van der Waals surface area contributed by atoms with Crippen molar-refractivity contribution in [2.24, 2.45) is 0 Å². The molecule has 0 spiro atoms. The van der Waals surface area contributed by atoms with Gasteiger partial charge in [0.15, 0.2) is 5.13 Å². The van der Waals surface area contributed by atoms with Crippen LogP contribution in [0.2, 0.25) is 0 Å². The molecule has 0 aromatic carbocycles. The second-order valence-electron chi connectivity index (χ2n) is 5.47. The molecule has 1 aromatic heterocycles. The summed E-state index contributed by atoms with van der Waals surface area (Å²) in [6.07, 6.45) is 7.44. The Morgan fingerprint density at radius 1 is 1.30 bits per heavy atom. The summed E-state index contributed by atoms with van der Waals surface area (Å²) in [7, 11) is 0. The third-order valence-corrected chi connectivity index (χ3v) is 5.15. The number of nitrogens with zero attached hydrogens (tertiary/aromatic N) is 2. The number of aromatic nitrogens is 1. The number of anilines is 1. The van der Waals surface area contributed by atoms with E-state index < -0.39 is 0 Å². The second kappa shape index (κ2) is 7.96. The highest BCUT2D eigenvalue weighted by molar-refractivity contribution is 7.15. The van der Waals surface area contributed by atoms with Crippen LogP contribution in [0.3, 0.4) is 0 Å². The van der Waals surface area contributed by atoms with E-state index in [1.807, 2.05) is 6.20 Å². The first-order valence-electron chi connectivity index (χ1n) is 7.85. The number of hydrogen-bond acceptors (Lipinski definition) is 5. The fourth-order valence-electron chi connectivity index (χ4n) is 2.78. The lowest BCUT2D eigenvalue weighted by Gasteiger charge is -2.21. The molecule has 0 saturated heterocycles. The molecule has 114 valence electrons. The van der Waals surface area contributed by atoms with Gasteiger partial charge in [-0.05, 0) is 26.7 Å². The van der Waals surface area contributed by atoms with Crippen LogP contribution in [0.25, 0.3) is 0 Å². The minimum atomic E-state index is -0.187. The fraction of sp³-hybridized carbons (Fsp3) is 0.800. The van der Waals surface area contributed by atoms with Crippen LogP contribution >= 0.6 is 11.3 Å². The molecule has 0 amide bonds. The Kier molecular flexibility index (Phi) is 6.26. The Morgan fingerprint density at radius 2 is 2.05 bits per heavy atom. The van der Waals surface area contributed by atoms with Crippen LogP contribution in [0.15, 0.2) is 6.20 Å². The molecule has 1 saturated carbocycles. The molecule has 2 rings (SSSR count). The van der Waals surface area contributed by atoms with Gasteiger partial charge in [-0.15, -0.1) is 11.3 Å². The Labute approximate surface area is 126 Å². The van der Waals surface area contributed by atoms with Gasteiger partial charge in [-0.1, -0.05) is 19.3 Å². The van der Waals surface area contributed by atoms with Gasteiger partial charge in [0.25, 0.3) is 0 Å². The number of hydrogen-bond donors (Lipinski definition) is 2. The van der Waals surface area contributed by atoms with Crippen LogP contribution in [0.5, 0.6) is 0 Å². The molecular weight excluding hydrogens is 270 g/mol. The standard InChI is InChI=1S/C15H27N3OS/c1-3-18(4-2)15-17-11-12(20-15)10-16-13-8-6-5-7-9-14(13)19/h11,13-14,16,19H,3-10H2,1-2H3. The zero-order chi connectivity index (χ0) is 14.4. The Hall–Kier alpha value is -0.650. The monoisotopic (exact) mass is 297 g/mol. The Balaban J connectivity index is 1.87.